The number of aromatic amines is 1. The average molecular weight is 910 g/mol. The fraction of sp³-hybridized carbons (Fsp3) is 0.429. The molecule has 3 aromatic carbocycles. The van der Waals surface area contributed by atoms with Crippen molar-refractivity contribution in [2.24, 2.45) is 17.8 Å². The van der Waals surface area contributed by atoms with Gasteiger partial charge >= 0.3 is 11.9 Å². The predicted molar refractivity (Wildman–Crippen MR) is 248 cm³/mol. The van der Waals surface area contributed by atoms with Crippen molar-refractivity contribution in [3.05, 3.63) is 108 Å². The summed E-state index contributed by atoms with van der Waals surface area (Å²) in [5.41, 5.74) is 2.89. The summed E-state index contributed by atoms with van der Waals surface area (Å²) in [7, 11) is 0. The number of H-pyrrole nitrogens is 1. The molecule has 17 nitrogen and oxygen atoms in total. The first-order valence-corrected chi connectivity index (χ1v) is 22.2. The highest BCUT2D eigenvalue weighted by Gasteiger charge is 2.38. The van der Waals surface area contributed by atoms with E-state index >= 15 is 0 Å². The van der Waals surface area contributed by atoms with Crippen LogP contribution in [0.3, 0.4) is 0 Å². The molecule has 66 heavy (non-hydrogen) atoms. The number of carbonyl (C=O) groups excluding carboxylic acids is 6. The van der Waals surface area contributed by atoms with Gasteiger partial charge in [0.1, 0.15) is 36.3 Å². The summed E-state index contributed by atoms with van der Waals surface area (Å²) in [5, 5.41) is 36.5. The number of fused-ring (bicyclic) bond motifs is 1. The van der Waals surface area contributed by atoms with E-state index in [9.17, 15) is 48.6 Å². The first kappa shape index (κ1) is 51.6. The van der Waals surface area contributed by atoms with Crippen molar-refractivity contribution in [3.8, 4) is 0 Å². The minimum atomic E-state index is -1.72. The highest BCUT2D eigenvalue weighted by atomic mass is 16.4. The van der Waals surface area contributed by atoms with E-state index < -0.39 is 108 Å². The third-order valence-corrected chi connectivity index (χ3v) is 11.4. The molecule has 0 aliphatic heterocycles. The lowest BCUT2D eigenvalue weighted by Crippen LogP contribution is -2.61. The van der Waals surface area contributed by atoms with Crippen LogP contribution in [0.2, 0.25) is 0 Å². The normalized spacial score (nSPS) is 14.5. The Kier molecular flexibility index (Phi) is 19.0. The first-order chi connectivity index (χ1) is 31.3. The number of carbonyl (C=O) groups is 8. The van der Waals surface area contributed by atoms with E-state index in [-0.39, 0.29) is 18.8 Å². The Labute approximate surface area is 384 Å². The van der Waals surface area contributed by atoms with Crippen LogP contribution in [-0.4, -0.2) is 98.8 Å². The summed E-state index contributed by atoms with van der Waals surface area (Å²) in [4.78, 5) is 110. The van der Waals surface area contributed by atoms with Crippen molar-refractivity contribution < 1.29 is 48.6 Å². The van der Waals surface area contributed by atoms with Crippen LogP contribution in [0.15, 0.2) is 91.1 Å². The standard InChI is InChI=1S/C49H63N7O10/c1-8-29(6)42(47(63)55-41(28(4)5)46(62)54-38(49(65)66)24-33-26-50-35-22-16-15-21-34(33)35)56-45(61)37(25-39(58)59)52-44(60)36(23-27(2)3)53-48(64)43(51-30(7)57)40(31-17-11-9-12-18-31)32-19-13-10-14-20-32/h9-22,26-29,36-38,40-43,50H,8,23-25H2,1-7H3,(H,51,57)(H,52,60)(H,53,64)(H,54,62)(H,55,63)(H,56,61)(H,58,59)(H,65,66)/t29-,36-,37-,38-,41-,42-,43+/m0/s1. The number of nitrogens with one attached hydrogen (secondary N) is 7. The Hall–Kier alpha value is -7.04. The third kappa shape index (κ3) is 14.5. The second-order valence-corrected chi connectivity index (χ2v) is 17.4. The fourth-order valence-electron chi connectivity index (χ4n) is 7.75. The number of hydrogen-bond donors (Lipinski definition) is 9. The third-order valence-electron chi connectivity index (χ3n) is 11.4. The van der Waals surface area contributed by atoms with E-state index in [1.807, 2.05) is 74.5 Å². The zero-order chi connectivity index (χ0) is 48.7. The highest BCUT2D eigenvalue weighted by Crippen LogP contribution is 2.29. The van der Waals surface area contributed by atoms with Crippen LogP contribution in [0.4, 0.5) is 0 Å². The largest absolute Gasteiger partial charge is 0.481 e. The highest BCUT2D eigenvalue weighted by molar-refractivity contribution is 5.98. The molecular formula is C49H63N7O10. The maximum atomic E-state index is 14.3. The molecular weight excluding hydrogens is 847 g/mol. The molecule has 17 heteroatoms. The Morgan fingerprint density at radius 3 is 1.61 bits per heavy atom. The molecule has 0 aliphatic rings. The summed E-state index contributed by atoms with van der Waals surface area (Å²) in [6.45, 7) is 11.6. The first-order valence-electron chi connectivity index (χ1n) is 22.2. The Morgan fingerprint density at radius 1 is 0.576 bits per heavy atom. The van der Waals surface area contributed by atoms with Crippen LogP contribution >= 0.6 is 0 Å². The molecule has 9 N–H and O–H groups in total. The van der Waals surface area contributed by atoms with Gasteiger partial charge < -0.3 is 47.1 Å². The summed E-state index contributed by atoms with van der Waals surface area (Å²) in [5.74, 6) is -9.37. The molecule has 0 unspecified atom stereocenters. The van der Waals surface area contributed by atoms with Crippen LogP contribution in [0.25, 0.3) is 10.9 Å². The van der Waals surface area contributed by atoms with Crippen molar-refractivity contribution in [2.45, 2.75) is 116 Å². The molecule has 0 bridgehead atoms. The van der Waals surface area contributed by atoms with Gasteiger partial charge in [0, 0.05) is 36.4 Å². The molecule has 0 fully saturated rings. The summed E-state index contributed by atoms with van der Waals surface area (Å²) < 4.78 is 0. The Balaban J connectivity index is 1.54. The minimum Gasteiger partial charge on any atom is -0.481 e. The number of benzene rings is 3. The smallest absolute Gasteiger partial charge is 0.326 e. The molecule has 0 aliphatic carbocycles. The molecule has 1 aromatic heterocycles. The van der Waals surface area contributed by atoms with Gasteiger partial charge in [0.15, 0.2) is 0 Å². The van der Waals surface area contributed by atoms with Crippen LogP contribution in [0.5, 0.6) is 0 Å². The average Bonchev–Trinajstić information content (AvgIpc) is 3.68. The second-order valence-electron chi connectivity index (χ2n) is 17.4. The quantitative estimate of drug-likeness (QED) is 0.0491. The molecule has 0 spiro atoms. The molecule has 0 saturated carbocycles. The maximum Gasteiger partial charge on any atom is 0.326 e. The zero-order valence-corrected chi connectivity index (χ0v) is 38.4. The summed E-state index contributed by atoms with van der Waals surface area (Å²) in [6, 6.07) is 17.3. The van der Waals surface area contributed by atoms with Crippen molar-refractivity contribution >= 4 is 58.3 Å². The number of aliphatic carboxylic acids is 2. The van der Waals surface area contributed by atoms with Crippen LogP contribution in [0, 0.1) is 17.8 Å². The predicted octanol–water partition coefficient (Wildman–Crippen LogP) is 3.78. The molecule has 354 valence electrons. The van der Waals surface area contributed by atoms with Gasteiger partial charge in [0.2, 0.25) is 35.4 Å². The van der Waals surface area contributed by atoms with E-state index in [2.05, 4.69) is 36.9 Å². The van der Waals surface area contributed by atoms with Gasteiger partial charge in [-0.1, -0.05) is 127 Å². The topological polar surface area (TPSA) is 265 Å². The van der Waals surface area contributed by atoms with Gasteiger partial charge in [-0.25, -0.2) is 4.79 Å². The number of rotatable bonds is 24. The molecule has 6 amide bonds. The Bertz CT molecular complexity index is 2280. The van der Waals surface area contributed by atoms with Crippen LogP contribution in [-0.2, 0) is 44.8 Å². The van der Waals surface area contributed by atoms with E-state index in [0.717, 1.165) is 10.9 Å². The number of para-hydroxylation sites is 1. The van der Waals surface area contributed by atoms with E-state index in [1.54, 1.807) is 58.2 Å². The van der Waals surface area contributed by atoms with Crippen molar-refractivity contribution in [3.63, 3.8) is 0 Å². The van der Waals surface area contributed by atoms with Gasteiger partial charge in [-0.3, -0.25) is 33.6 Å². The molecule has 4 rings (SSSR count). The number of carboxylic acid groups (broad SMARTS) is 2. The van der Waals surface area contributed by atoms with Gasteiger partial charge in [0.05, 0.1) is 6.42 Å². The van der Waals surface area contributed by atoms with Gasteiger partial charge in [0.25, 0.3) is 0 Å². The summed E-state index contributed by atoms with van der Waals surface area (Å²) in [6.07, 6.45) is 1.15. The lowest BCUT2D eigenvalue weighted by Gasteiger charge is -2.31. The molecule has 4 aromatic rings. The second kappa shape index (κ2) is 24.3. The Morgan fingerprint density at radius 2 is 1.08 bits per heavy atom. The number of amides is 6. The van der Waals surface area contributed by atoms with Gasteiger partial charge in [-0.2, -0.15) is 0 Å². The van der Waals surface area contributed by atoms with Gasteiger partial charge in [-0.05, 0) is 46.9 Å². The summed E-state index contributed by atoms with van der Waals surface area (Å²) >= 11 is 0. The minimum absolute atomic E-state index is 0.0500. The lowest BCUT2D eigenvalue weighted by molar-refractivity contribution is -0.142. The van der Waals surface area contributed by atoms with Crippen LogP contribution < -0.4 is 31.9 Å². The van der Waals surface area contributed by atoms with Gasteiger partial charge in [-0.15, -0.1) is 0 Å². The number of hydrogen-bond acceptors (Lipinski definition) is 8. The SMILES string of the molecule is CC[C@H](C)[C@H](NC(=O)[C@H](CC(=O)O)NC(=O)[C@H](CC(C)C)NC(=O)[C@H](NC(C)=O)C(c1ccccc1)c1ccccc1)C(=O)N[C@H](C(=O)N[C@@H](Cc1c[nH]c2ccccc12)C(=O)O)C(C)C. The molecule has 0 radical (unpaired) electrons. The maximum absolute atomic E-state index is 14.3. The van der Waals surface area contributed by atoms with E-state index in [1.165, 1.54) is 6.92 Å². The van der Waals surface area contributed by atoms with Crippen molar-refractivity contribution in [1.82, 2.24) is 36.9 Å². The number of carboxylic acids is 2. The molecule has 1 heterocycles. The molecule has 0 saturated heterocycles. The van der Waals surface area contributed by atoms with E-state index in [0.29, 0.717) is 23.1 Å². The molecule has 7 atom stereocenters. The number of aromatic nitrogens is 1. The van der Waals surface area contributed by atoms with Crippen molar-refractivity contribution in [1.29, 1.82) is 0 Å². The van der Waals surface area contributed by atoms with E-state index in [4.69, 9.17) is 0 Å². The monoisotopic (exact) mass is 909 g/mol. The van der Waals surface area contributed by atoms with Crippen LogP contribution in [0.1, 0.15) is 90.3 Å². The fourth-order valence-corrected chi connectivity index (χ4v) is 7.75. The van der Waals surface area contributed by atoms with Crippen molar-refractivity contribution in [2.75, 3.05) is 0 Å². The zero-order valence-electron chi connectivity index (χ0n) is 38.4. The lowest BCUT2D eigenvalue weighted by atomic mass is 9.84.